The maximum absolute atomic E-state index is 12.9. The molecule has 1 aromatic heterocycles. The summed E-state index contributed by atoms with van der Waals surface area (Å²) in [6, 6.07) is 6.51. The number of carbonyl (C=O) groups excluding carboxylic acids is 1. The van der Waals surface area contributed by atoms with Crippen molar-refractivity contribution in [3.63, 3.8) is 0 Å². The second-order valence-corrected chi connectivity index (χ2v) is 5.39. The predicted octanol–water partition coefficient (Wildman–Crippen LogP) is 1.48. The van der Waals surface area contributed by atoms with Crippen molar-refractivity contribution in [1.29, 1.82) is 0 Å². The van der Waals surface area contributed by atoms with Gasteiger partial charge in [0.05, 0.1) is 0 Å². The van der Waals surface area contributed by atoms with Gasteiger partial charge in [-0.2, -0.15) is 0 Å². The molecule has 0 radical (unpaired) electrons. The summed E-state index contributed by atoms with van der Waals surface area (Å²) in [5.41, 5.74) is 1.86. The fourth-order valence-corrected chi connectivity index (χ4v) is 2.53. The van der Waals surface area contributed by atoms with Gasteiger partial charge < -0.3 is 4.90 Å². The highest BCUT2D eigenvalue weighted by atomic mass is 19.1. The zero-order valence-corrected chi connectivity index (χ0v) is 12.3. The highest BCUT2D eigenvalue weighted by Gasteiger charge is 2.25. The van der Waals surface area contributed by atoms with E-state index in [2.05, 4.69) is 19.8 Å². The van der Waals surface area contributed by atoms with Crippen molar-refractivity contribution in [2.24, 2.45) is 0 Å². The van der Waals surface area contributed by atoms with Crippen molar-refractivity contribution in [2.45, 2.75) is 13.5 Å². The van der Waals surface area contributed by atoms with Crippen LogP contribution in [0.3, 0.4) is 0 Å². The fourth-order valence-electron chi connectivity index (χ4n) is 2.53. The number of carbonyl (C=O) groups is 1. The number of nitrogens with zero attached hydrogens (tertiary/aromatic N) is 4. The molecule has 116 valence electrons. The van der Waals surface area contributed by atoms with Crippen LogP contribution in [0.15, 0.2) is 28.9 Å². The van der Waals surface area contributed by atoms with Gasteiger partial charge in [0.2, 0.25) is 0 Å². The quantitative estimate of drug-likeness (QED) is 0.859. The summed E-state index contributed by atoms with van der Waals surface area (Å²) >= 11 is 0. The SMILES string of the molecule is Cc1nonc1C(=O)N1CCN(Cc2ccc(F)cc2)CC1. The largest absolute Gasteiger partial charge is 0.335 e. The number of aromatic nitrogens is 2. The second-order valence-electron chi connectivity index (χ2n) is 5.39. The van der Waals surface area contributed by atoms with E-state index in [1.165, 1.54) is 12.1 Å². The van der Waals surface area contributed by atoms with Crippen molar-refractivity contribution in [2.75, 3.05) is 26.2 Å². The summed E-state index contributed by atoms with van der Waals surface area (Å²) in [7, 11) is 0. The third kappa shape index (κ3) is 3.14. The van der Waals surface area contributed by atoms with E-state index >= 15 is 0 Å². The molecule has 2 aromatic rings. The van der Waals surface area contributed by atoms with Crippen LogP contribution in [-0.4, -0.2) is 52.2 Å². The Hall–Kier alpha value is -2.28. The van der Waals surface area contributed by atoms with Gasteiger partial charge in [0.25, 0.3) is 5.91 Å². The number of benzene rings is 1. The Morgan fingerprint density at radius 1 is 1.18 bits per heavy atom. The van der Waals surface area contributed by atoms with E-state index in [-0.39, 0.29) is 17.4 Å². The van der Waals surface area contributed by atoms with Crippen LogP contribution in [0.2, 0.25) is 0 Å². The zero-order valence-electron chi connectivity index (χ0n) is 12.3. The normalized spacial score (nSPS) is 16.0. The van der Waals surface area contributed by atoms with E-state index < -0.39 is 0 Å². The van der Waals surface area contributed by atoms with Crippen LogP contribution in [0.1, 0.15) is 21.7 Å². The van der Waals surface area contributed by atoms with Crippen LogP contribution in [0.4, 0.5) is 4.39 Å². The van der Waals surface area contributed by atoms with E-state index in [1.807, 2.05) is 0 Å². The summed E-state index contributed by atoms with van der Waals surface area (Å²) in [6.07, 6.45) is 0. The molecule has 7 heteroatoms. The Balaban J connectivity index is 1.55. The highest BCUT2D eigenvalue weighted by molar-refractivity contribution is 5.93. The molecule has 1 fully saturated rings. The average Bonchev–Trinajstić information content (AvgIpc) is 2.96. The Labute approximate surface area is 127 Å². The van der Waals surface area contributed by atoms with Crippen LogP contribution < -0.4 is 0 Å². The van der Waals surface area contributed by atoms with Gasteiger partial charge in [-0.3, -0.25) is 9.69 Å². The summed E-state index contributed by atoms with van der Waals surface area (Å²) in [5, 5.41) is 7.30. The number of hydrogen-bond donors (Lipinski definition) is 0. The summed E-state index contributed by atoms with van der Waals surface area (Å²) in [4.78, 5) is 16.3. The molecule has 2 heterocycles. The standard InChI is InChI=1S/C15H17FN4O2/c1-11-14(18-22-17-11)15(21)20-8-6-19(7-9-20)10-12-2-4-13(16)5-3-12/h2-5H,6-10H2,1H3. The van der Waals surface area contributed by atoms with Crippen LogP contribution >= 0.6 is 0 Å². The average molecular weight is 304 g/mol. The smallest absolute Gasteiger partial charge is 0.278 e. The highest BCUT2D eigenvalue weighted by Crippen LogP contribution is 2.12. The Morgan fingerprint density at radius 3 is 2.45 bits per heavy atom. The van der Waals surface area contributed by atoms with E-state index in [4.69, 9.17) is 0 Å². The first-order valence-electron chi connectivity index (χ1n) is 7.19. The van der Waals surface area contributed by atoms with Gasteiger partial charge in [0, 0.05) is 32.7 Å². The lowest BCUT2D eigenvalue weighted by molar-refractivity contribution is 0.0617. The first-order chi connectivity index (χ1) is 10.6. The topological polar surface area (TPSA) is 62.5 Å². The molecule has 0 unspecified atom stereocenters. The lowest BCUT2D eigenvalue weighted by atomic mass is 10.2. The Morgan fingerprint density at radius 2 is 1.86 bits per heavy atom. The number of aryl methyl sites for hydroxylation is 1. The van der Waals surface area contributed by atoms with Gasteiger partial charge in [0.15, 0.2) is 5.69 Å². The van der Waals surface area contributed by atoms with Crippen LogP contribution in [0.25, 0.3) is 0 Å². The molecule has 0 aliphatic carbocycles. The molecular formula is C15H17FN4O2. The zero-order chi connectivity index (χ0) is 15.5. The van der Waals surface area contributed by atoms with Crippen LogP contribution in [0.5, 0.6) is 0 Å². The second kappa shape index (κ2) is 6.23. The molecule has 1 aliphatic heterocycles. The molecule has 1 amide bonds. The van der Waals surface area contributed by atoms with E-state index in [1.54, 1.807) is 24.0 Å². The van der Waals surface area contributed by atoms with Crippen molar-refractivity contribution < 1.29 is 13.8 Å². The molecule has 0 saturated carbocycles. The van der Waals surface area contributed by atoms with Gasteiger partial charge in [-0.15, -0.1) is 0 Å². The lowest BCUT2D eigenvalue weighted by Gasteiger charge is -2.34. The maximum Gasteiger partial charge on any atom is 0.278 e. The van der Waals surface area contributed by atoms with Crippen LogP contribution in [-0.2, 0) is 6.54 Å². The molecule has 0 atom stereocenters. The first kappa shape index (κ1) is 14.6. The minimum Gasteiger partial charge on any atom is -0.335 e. The third-order valence-electron chi connectivity index (χ3n) is 3.83. The van der Waals surface area contributed by atoms with Crippen molar-refractivity contribution >= 4 is 5.91 Å². The molecule has 1 saturated heterocycles. The maximum atomic E-state index is 12.9. The first-order valence-corrected chi connectivity index (χ1v) is 7.19. The monoisotopic (exact) mass is 304 g/mol. The number of amides is 1. The molecule has 1 aromatic carbocycles. The minimum atomic E-state index is -0.226. The summed E-state index contributed by atoms with van der Waals surface area (Å²) < 4.78 is 17.5. The molecule has 1 aliphatic rings. The molecule has 0 spiro atoms. The third-order valence-corrected chi connectivity index (χ3v) is 3.83. The number of hydrogen-bond acceptors (Lipinski definition) is 5. The molecular weight excluding hydrogens is 287 g/mol. The molecule has 0 bridgehead atoms. The molecule has 22 heavy (non-hydrogen) atoms. The van der Waals surface area contributed by atoms with Gasteiger partial charge in [-0.1, -0.05) is 17.3 Å². The summed E-state index contributed by atoms with van der Waals surface area (Å²) in [5.74, 6) is -0.365. The number of piperazine rings is 1. The van der Waals surface area contributed by atoms with Gasteiger partial charge in [0.1, 0.15) is 11.5 Å². The Kier molecular flexibility index (Phi) is 4.15. The number of rotatable bonds is 3. The van der Waals surface area contributed by atoms with Crippen LogP contribution in [0, 0.1) is 12.7 Å². The van der Waals surface area contributed by atoms with E-state index in [0.717, 1.165) is 25.2 Å². The van der Waals surface area contributed by atoms with Crippen molar-refractivity contribution in [1.82, 2.24) is 20.1 Å². The molecule has 3 rings (SSSR count). The molecule has 6 nitrogen and oxygen atoms in total. The van der Waals surface area contributed by atoms with Crippen molar-refractivity contribution in [3.05, 3.63) is 47.0 Å². The minimum absolute atomic E-state index is 0.139. The molecule has 0 N–H and O–H groups in total. The summed E-state index contributed by atoms with van der Waals surface area (Å²) in [6.45, 7) is 5.26. The van der Waals surface area contributed by atoms with Gasteiger partial charge in [-0.05, 0) is 29.8 Å². The van der Waals surface area contributed by atoms with E-state index in [0.29, 0.717) is 18.8 Å². The predicted molar refractivity (Wildman–Crippen MR) is 76.6 cm³/mol. The number of halogens is 1. The van der Waals surface area contributed by atoms with Gasteiger partial charge >= 0.3 is 0 Å². The fraction of sp³-hybridized carbons (Fsp3) is 0.400. The van der Waals surface area contributed by atoms with E-state index in [9.17, 15) is 9.18 Å². The lowest BCUT2D eigenvalue weighted by Crippen LogP contribution is -2.48. The van der Waals surface area contributed by atoms with Crippen molar-refractivity contribution in [3.8, 4) is 0 Å². The van der Waals surface area contributed by atoms with Gasteiger partial charge in [-0.25, -0.2) is 9.02 Å². The Bertz CT molecular complexity index is 648.